The molecule has 226 valence electrons. The lowest BCUT2D eigenvalue weighted by molar-refractivity contribution is -0.137. The number of nitrogens with zero attached hydrogens (tertiary/aromatic N) is 8. The minimum absolute atomic E-state index is 0.0363. The fraction of sp³-hybridized carbons (Fsp3) is 0.586. The Labute approximate surface area is 241 Å². The third kappa shape index (κ3) is 5.00. The Kier molecular flexibility index (Phi) is 7.37. The minimum atomic E-state index is -4.60. The van der Waals surface area contributed by atoms with E-state index in [-0.39, 0.29) is 29.7 Å². The molecular formula is C29H36F4N8O. The second-order valence-corrected chi connectivity index (χ2v) is 12.0. The quantitative estimate of drug-likeness (QED) is 0.279. The number of halogens is 4. The van der Waals surface area contributed by atoms with E-state index in [0.717, 1.165) is 42.5 Å². The molecule has 2 saturated heterocycles. The molecule has 9 nitrogen and oxygen atoms in total. The van der Waals surface area contributed by atoms with Gasteiger partial charge in [-0.15, -0.1) is 10.2 Å². The second-order valence-electron chi connectivity index (χ2n) is 12.0. The number of alkyl halides is 3. The largest absolute Gasteiger partial charge is 0.416 e. The monoisotopic (exact) mass is 588 g/mol. The number of piperazine rings is 1. The molecule has 5 heterocycles. The molecule has 0 N–H and O–H groups in total. The van der Waals surface area contributed by atoms with E-state index in [2.05, 4.69) is 38.4 Å². The average Bonchev–Trinajstić information content (AvgIpc) is 3.67. The number of fused-ring (bicyclic) bond motifs is 3. The summed E-state index contributed by atoms with van der Waals surface area (Å²) in [5.74, 6) is 1.16. The maximum atomic E-state index is 15.2. The van der Waals surface area contributed by atoms with Gasteiger partial charge in [-0.3, -0.25) is 4.90 Å². The summed E-state index contributed by atoms with van der Waals surface area (Å²) in [4.78, 5) is 14.3. The van der Waals surface area contributed by atoms with Gasteiger partial charge in [-0.1, -0.05) is 19.9 Å². The van der Waals surface area contributed by atoms with E-state index in [1.54, 1.807) is 6.33 Å². The van der Waals surface area contributed by atoms with Crippen molar-refractivity contribution in [2.24, 2.45) is 5.92 Å². The number of aryl methyl sites for hydroxylation is 1. The molecule has 6 rings (SSSR count). The highest BCUT2D eigenvalue weighted by Crippen LogP contribution is 2.39. The van der Waals surface area contributed by atoms with Gasteiger partial charge in [0.05, 0.1) is 18.2 Å². The Bertz CT molecular complexity index is 1590. The number of benzene rings is 1. The molecule has 1 aromatic carbocycles. The Morgan fingerprint density at radius 3 is 2.55 bits per heavy atom. The highest BCUT2D eigenvalue weighted by atomic mass is 19.4. The van der Waals surface area contributed by atoms with E-state index < -0.39 is 23.6 Å². The molecule has 0 spiro atoms. The number of ether oxygens (including phenoxy) is 1. The highest BCUT2D eigenvalue weighted by molar-refractivity contribution is 5.87. The van der Waals surface area contributed by atoms with Crippen LogP contribution in [0.2, 0.25) is 0 Å². The van der Waals surface area contributed by atoms with Crippen LogP contribution < -0.4 is 4.90 Å². The number of imidazole rings is 1. The fourth-order valence-corrected chi connectivity index (χ4v) is 6.66. The van der Waals surface area contributed by atoms with Gasteiger partial charge in [0.25, 0.3) is 5.78 Å². The third-order valence-electron chi connectivity index (χ3n) is 8.66. The van der Waals surface area contributed by atoms with E-state index in [1.165, 1.54) is 6.07 Å². The minimum Gasteiger partial charge on any atom is -0.376 e. The van der Waals surface area contributed by atoms with Crippen molar-refractivity contribution in [3.63, 3.8) is 0 Å². The third-order valence-corrected chi connectivity index (χ3v) is 8.66. The van der Waals surface area contributed by atoms with Crippen molar-refractivity contribution in [2.75, 3.05) is 24.6 Å². The molecule has 1 unspecified atom stereocenters. The first-order chi connectivity index (χ1) is 19.9. The molecular weight excluding hydrogens is 552 g/mol. The smallest absolute Gasteiger partial charge is 0.376 e. The summed E-state index contributed by atoms with van der Waals surface area (Å²) in [7, 11) is 0. The second kappa shape index (κ2) is 10.7. The highest BCUT2D eigenvalue weighted by Gasteiger charge is 2.39. The lowest BCUT2D eigenvalue weighted by Crippen LogP contribution is -2.58. The van der Waals surface area contributed by atoms with E-state index in [1.807, 2.05) is 25.2 Å². The van der Waals surface area contributed by atoms with Gasteiger partial charge in [-0.25, -0.2) is 13.8 Å². The maximum Gasteiger partial charge on any atom is 0.416 e. The Morgan fingerprint density at radius 2 is 1.88 bits per heavy atom. The first-order valence-corrected chi connectivity index (χ1v) is 14.5. The summed E-state index contributed by atoms with van der Waals surface area (Å²) in [5, 5.41) is 8.38. The van der Waals surface area contributed by atoms with Crippen molar-refractivity contribution >= 4 is 22.8 Å². The lowest BCUT2D eigenvalue weighted by Gasteiger charge is -2.49. The van der Waals surface area contributed by atoms with Gasteiger partial charge >= 0.3 is 6.18 Å². The number of rotatable bonds is 6. The normalized spacial score (nSPS) is 23.1. The van der Waals surface area contributed by atoms with Crippen LogP contribution in [0.15, 0.2) is 24.5 Å². The van der Waals surface area contributed by atoms with E-state index in [4.69, 9.17) is 14.7 Å². The number of anilines is 1. The van der Waals surface area contributed by atoms with Crippen molar-refractivity contribution < 1.29 is 22.3 Å². The van der Waals surface area contributed by atoms with Crippen molar-refractivity contribution in [1.29, 1.82) is 0 Å². The molecule has 2 aliphatic rings. The van der Waals surface area contributed by atoms with Gasteiger partial charge in [0.2, 0.25) is 0 Å². The van der Waals surface area contributed by atoms with Gasteiger partial charge in [0.1, 0.15) is 23.5 Å². The lowest BCUT2D eigenvalue weighted by atomic mass is 9.90. The van der Waals surface area contributed by atoms with Crippen molar-refractivity contribution in [3.8, 4) is 0 Å². The average molecular weight is 589 g/mol. The van der Waals surface area contributed by atoms with Crippen LogP contribution in [0.3, 0.4) is 0 Å². The van der Waals surface area contributed by atoms with E-state index in [0.29, 0.717) is 37.3 Å². The molecule has 3 aromatic heterocycles. The Balaban J connectivity index is 1.35. The van der Waals surface area contributed by atoms with Crippen LogP contribution in [0.25, 0.3) is 16.9 Å². The van der Waals surface area contributed by atoms with Crippen LogP contribution in [0.5, 0.6) is 0 Å². The molecule has 0 aliphatic carbocycles. The molecule has 13 heteroatoms. The number of aromatic nitrogens is 6. The molecule has 4 atom stereocenters. The maximum absolute atomic E-state index is 15.2. The summed E-state index contributed by atoms with van der Waals surface area (Å²) >= 11 is 0. The zero-order valence-electron chi connectivity index (χ0n) is 24.4. The van der Waals surface area contributed by atoms with Crippen LogP contribution in [-0.2, 0) is 17.5 Å². The Hall–Kier alpha value is -3.32. The molecule has 4 aromatic rings. The van der Waals surface area contributed by atoms with Crippen LogP contribution in [0.1, 0.15) is 63.5 Å². The molecule has 0 amide bonds. The van der Waals surface area contributed by atoms with E-state index >= 15 is 4.39 Å². The van der Waals surface area contributed by atoms with Gasteiger partial charge in [0.15, 0.2) is 11.5 Å². The molecule has 42 heavy (non-hydrogen) atoms. The zero-order chi connectivity index (χ0) is 29.9. The summed E-state index contributed by atoms with van der Waals surface area (Å²) in [6, 6.07) is 2.37. The van der Waals surface area contributed by atoms with Gasteiger partial charge in [-0.2, -0.15) is 18.2 Å². The molecule has 0 bridgehead atoms. The summed E-state index contributed by atoms with van der Waals surface area (Å²) < 4.78 is 64.8. The van der Waals surface area contributed by atoms with Crippen molar-refractivity contribution in [1.82, 2.24) is 34.0 Å². The number of hydrogen-bond acceptors (Lipinski definition) is 7. The molecule has 0 saturated carbocycles. The fourth-order valence-electron chi connectivity index (χ4n) is 6.66. The molecule has 2 fully saturated rings. The Morgan fingerprint density at radius 1 is 1.10 bits per heavy atom. The summed E-state index contributed by atoms with van der Waals surface area (Å²) in [6.07, 6.45) is -0.796. The topological polar surface area (TPSA) is 76.6 Å². The first-order valence-electron chi connectivity index (χ1n) is 14.5. The van der Waals surface area contributed by atoms with Gasteiger partial charge < -0.3 is 14.2 Å². The van der Waals surface area contributed by atoms with Crippen LogP contribution in [0.4, 0.5) is 23.4 Å². The predicted molar refractivity (Wildman–Crippen MR) is 150 cm³/mol. The zero-order valence-corrected chi connectivity index (χ0v) is 24.4. The number of hydrogen-bond donors (Lipinski definition) is 0. The standard InChI is InChI=1S/C29H36F4N8O/c1-16(2)25(22-9-8-20(11-23(22)30)29(31,32)33)38-12-18(4)39(13-17(38)3)26-24-27(41-15-34-37-28(41)36-26)40(19(5)35-24)14-21-7-6-10-42-21/h8-9,11,15-18,21,25H,6-7,10,12-14H2,1-5H3/t17-,18+,21?,25-/m1/s1. The van der Waals surface area contributed by atoms with Crippen LogP contribution in [-0.4, -0.2) is 71.9 Å². The SMILES string of the molecule is Cc1nc2c(N3C[C@@H](C)N([C@@H](c4ccc(C(F)(F)F)cc4F)C(C)C)C[C@@H]3C)nc3nncn3c2n1CC1CCCO1. The first kappa shape index (κ1) is 28.8. The van der Waals surface area contributed by atoms with E-state index in [9.17, 15) is 13.2 Å². The van der Waals surface area contributed by atoms with Crippen LogP contribution in [0, 0.1) is 18.7 Å². The van der Waals surface area contributed by atoms with Crippen LogP contribution >= 0.6 is 0 Å². The summed E-state index contributed by atoms with van der Waals surface area (Å²) in [5.41, 5.74) is 0.909. The van der Waals surface area contributed by atoms with Gasteiger partial charge in [0, 0.05) is 43.4 Å². The predicted octanol–water partition coefficient (Wildman–Crippen LogP) is 5.42. The van der Waals surface area contributed by atoms with Crippen molar-refractivity contribution in [2.45, 2.75) is 84.4 Å². The van der Waals surface area contributed by atoms with Crippen molar-refractivity contribution in [3.05, 3.63) is 47.3 Å². The summed E-state index contributed by atoms with van der Waals surface area (Å²) in [6.45, 7) is 12.6. The molecule has 0 radical (unpaired) electrons. The molecule has 2 aliphatic heterocycles. The van der Waals surface area contributed by atoms with Gasteiger partial charge in [-0.05, 0) is 51.7 Å².